The van der Waals surface area contributed by atoms with Crippen LogP contribution in [0.3, 0.4) is 0 Å². The molecular formula is C12H8N2O7. The van der Waals surface area contributed by atoms with Crippen molar-refractivity contribution in [3.63, 3.8) is 0 Å². The van der Waals surface area contributed by atoms with E-state index in [-0.39, 0.29) is 22.8 Å². The number of phenols is 1. The second-order valence-corrected chi connectivity index (χ2v) is 3.89. The molecule has 0 aliphatic rings. The number of rotatable bonds is 4. The molecule has 0 radical (unpaired) electrons. The zero-order chi connectivity index (χ0) is 15.6. The van der Waals surface area contributed by atoms with Gasteiger partial charge in [0.2, 0.25) is 0 Å². The number of aromatic carboxylic acids is 1. The topological polar surface area (TPSA) is 143 Å². The van der Waals surface area contributed by atoms with Gasteiger partial charge in [0.15, 0.2) is 5.76 Å². The van der Waals surface area contributed by atoms with Crippen molar-refractivity contribution in [3.8, 4) is 5.75 Å². The summed E-state index contributed by atoms with van der Waals surface area (Å²) in [5.41, 5.74) is -0.299. The van der Waals surface area contributed by atoms with E-state index < -0.39 is 22.7 Å². The number of anilines is 1. The fourth-order valence-electron chi connectivity index (χ4n) is 1.50. The molecule has 0 atom stereocenters. The minimum atomic E-state index is -1.24. The number of nitrogens with zero attached hydrogens (tertiary/aromatic N) is 1. The van der Waals surface area contributed by atoms with Crippen molar-refractivity contribution in [1.29, 1.82) is 0 Å². The summed E-state index contributed by atoms with van der Waals surface area (Å²) in [6, 6.07) is 5.40. The van der Waals surface area contributed by atoms with Crippen molar-refractivity contribution in [2.24, 2.45) is 0 Å². The first-order valence-electron chi connectivity index (χ1n) is 5.50. The normalized spacial score (nSPS) is 10.1. The highest BCUT2D eigenvalue weighted by molar-refractivity contribution is 6.04. The Morgan fingerprint density at radius 3 is 2.52 bits per heavy atom. The summed E-state index contributed by atoms with van der Waals surface area (Å²) in [7, 11) is 0. The first-order chi connectivity index (χ1) is 9.88. The summed E-state index contributed by atoms with van der Waals surface area (Å²) in [5, 5.41) is 31.0. The number of amides is 1. The van der Waals surface area contributed by atoms with Crippen LogP contribution >= 0.6 is 0 Å². The van der Waals surface area contributed by atoms with E-state index in [1.165, 1.54) is 0 Å². The Kier molecular flexibility index (Phi) is 3.57. The van der Waals surface area contributed by atoms with Crippen LogP contribution in [-0.2, 0) is 0 Å². The number of hydrogen-bond acceptors (Lipinski definition) is 6. The number of furan rings is 1. The third-order valence-electron chi connectivity index (χ3n) is 2.49. The highest BCUT2D eigenvalue weighted by Crippen LogP contribution is 2.25. The molecule has 0 fully saturated rings. The summed E-state index contributed by atoms with van der Waals surface area (Å²) in [6.07, 6.45) is 0. The second-order valence-electron chi connectivity index (χ2n) is 3.89. The Balaban J connectivity index is 2.24. The second kappa shape index (κ2) is 5.33. The van der Waals surface area contributed by atoms with E-state index in [1.54, 1.807) is 0 Å². The molecule has 0 spiro atoms. The number of aromatic hydroxyl groups is 1. The lowest BCUT2D eigenvalue weighted by Crippen LogP contribution is -2.11. The molecule has 2 rings (SSSR count). The van der Waals surface area contributed by atoms with Crippen molar-refractivity contribution < 1.29 is 29.1 Å². The summed E-state index contributed by atoms with van der Waals surface area (Å²) in [4.78, 5) is 32.2. The number of carbonyl (C=O) groups is 2. The summed E-state index contributed by atoms with van der Waals surface area (Å²) in [6.45, 7) is 0. The lowest BCUT2D eigenvalue weighted by Gasteiger charge is -2.06. The highest BCUT2D eigenvalue weighted by atomic mass is 16.6. The quantitative estimate of drug-likeness (QED) is 0.443. The molecule has 3 N–H and O–H groups in total. The molecule has 9 nitrogen and oxygen atoms in total. The first kappa shape index (κ1) is 14.1. The highest BCUT2D eigenvalue weighted by Gasteiger charge is 2.18. The molecule has 1 amide bonds. The smallest absolute Gasteiger partial charge is 0.433 e. The van der Waals surface area contributed by atoms with Gasteiger partial charge in [-0.1, -0.05) is 0 Å². The number of carboxylic acids is 1. The van der Waals surface area contributed by atoms with Gasteiger partial charge in [-0.15, -0.1) is 0 Å². The number of nitro groups is 1. The molecule has 2 aromatic rings. The van der Waals surface area contributed by atoms with Crippen molar-refractivity contribution in [2.45, 2.75) is 0 Å². The lowest BCUT2D eigenvalue weighted by molar-refractivity contribution is -0.402. The van der Waals surface area contributed by atoms with Crippen molar-refractivity contribution in [3.05, 3.63) is 51.8 Å². The molecule has 0 unspecified atom stereocenters. The number of carboxylic acid groups (broad SMARTS) is 1. The fourth-order valence-corrected chi connectivity index (χ4v) is 1.50. The molecule has 1 heterocycles. The minimum Gasteiger partial charge on any atom is -0.506 e. The predicted molar refractivity (Wildman–Crippen MR) is 68.4 cm³/mol. The van der Waals surface area contributed by atoms with Crippen molar-refractivity contribution in [2.75, 3.05) is 5.32 Å². The van der Waals surface area contributed by atoms with E-state index in [0.29, 0.717) is 0 Å². The molecule has 9 heteroatoms. The Hall–Kier alpha value is -3.36. The van der Waals surface area contributed by atoms with Gasteiger partial charge in [-0.25, -0.2) is 4.79 Å². The predicted octanol–water partition coefficient (Wildman–Crippen LogP) is 1.84. The average molecular weight is 292 g/mol. The molecule has 0 aliphatic heterocycles. The monoisotopic (exact) mass is 292 g/mol. The van der Waals surface area contributed by atoms with Crippen LogP contribution in [0.2, 0.25) is 0 Å². The first-order valence-corrected chi connectivity index (χ1v) is 5.50. The molecule has 0 saturated carbocycles. The number of nitrogens with one attached hydrogen (secondary N) is 1. The van der Waals surface area contributed by atoms with Crippen LogP contribution in [0.1, 0.15) is 20.9 Å². The molecule has 0 bridgehead atoms. The zero-order valence-corrected chi connectivity index (χ0v) is 10.3. The number of phenolic OH excluding ortho intramolecular Hbond substituents is 1. The average Bonchev–Trinajstić information content (AvgIpc) is 2.90. The van der Waals surface area contributed by atoms with Gasteiger partial charge in [0.25, 0.3) is 5.91 Å². The van der Waals surface area contributed by atoms with Crippen molar-refractivity contribution in [1.82, 2.24) is 0 Å². The van der Waals surface area contributed by atoms with Gasteiger partial charge < -0.3 is 19.9 Å². The van der Waals surface area contributed by atoms with Gasteiger partial charge in [-0.05, 0) is 24.3 Å². The Morgan fingerprint density at radius 1 is 1.24 bits per heavy atom. The van der Waals surface area contributed by atoms with E-state index in [1.807, 2.05) is 0 Å². The van der Waals surface area contributed by atoms with Crippen LogP contribution in [0, 0.1) is 10.1 Å². The maximum Gasteiger partial charge on any atom is 0.433 e. The molecule has 0 saturated heterocycles. The third kappa shape index (κ3) is 2.97. The molecular weight excluding hydrogens is 284 g/mol. The van der Waals surface area contributed by atoms with Crippen molar-refractivity contribution >= 4 is 23.4 Å². The third-order valence-corrected chi connectivity index (χ3v) is 2.49. The van der Waals surface area contributed by atoms with Gasteiger partial charge in [0, 0.05) is 0 Å². The SMILES string of the molecule is O=C(O)c1ccc(O)c(NC(=O)c2ccc([N+](=O)[O-])o2)c1. The zero-order valence-electron chi connectivity index (χ0n) is 10.3. The number of benzene rings is 1. The summed E-state index contributed by atoms with van der Waals surface area (Å²) < 4.78 is 4.69. The maximum absolute atomic E-state index is 11.8. The number of hydrogen-bond donors (Lipinski definition) is 3. The van der Waals surface area contributed by atoms with Gasteiger partial charge in [0.05, 0.1) is 17.3 Å². The lowest BCUT2D eigenvalue weighted by atomic mass is 10.2. The maximum atomic E-state index is 11.8. The van der Waals surface area contributed by atoms with Gasteiger partial charge in [-0.2, -0.15) is 0 Å². The van der Waals surface area contributed by atoms with E-state index in [2.05, 4.69) is 9.73 Å². The standard InChI is InChI=1S/C12H8N2O7/c15-8-2-1-6(12(17)18)5-7(8)13-11(16)9-3-4-10(21-9)14(19)20/h1-5,15H,(H,13,16)(H,17,18). The Morgan fingerprint density at radius 2 is 1.95 bits per heavy atom. The van der Waals surface area contributed by atoms with Gasteiger partial charge in [-0.3, -0.25) is 14.9 Å². The molecule has 1 aromatic carbocycles. The fraction of sp³-hybridized carbons (Fsp3) is 0. The van der Waals surface area contributed by atoms with E-state index in [0.717, 1.165) is 30.3 Å². The van der Waals surface area contributed by atoms with E-state index >= 15 is 0 Å². The van der Waals surface area contributed by atoms with E-state index in [9.17, 15) is 24.8 Å². The largest absolute Gasteiger partial charge is 0.506 e. The molecule has 1 aromatic heterocycles. The van der Waals surface area contributed by atoms with E-state index in [4.69, 9.17) is 5.11 Å². The summed E-state index contributed by atoms with van der Waals surface area (Å²) in [5.74, 6) is -3.40. The Labute approximate surface area is 116 Å². The number of carbonyl (C=O) groups excluding carboxylic acids is 1. The minimum absolute atomic E-state index is 0.145. The van der Waals surface area contributed by atoms with Gasteiger partial charge in [0.1, 0.15) is 10.7 Å². The Bertz CT molecular complexity index is 735. The van der Waals surface area contributed by atoms with Crippen LogP contribution in [-0.4, -0.2) is 27.0 Å². The molecule has 21 heavy (non-hydrogen) atoms. The molecule has 0 aliphatic carbocycles. The van der Waals surface area contributed by atoms with Crippen LogP contribution in [0.4, 0.5) is 11.6 Å². The molecule has 108 valence electrons. The van der Waals surface area contributed by atoms with Crippen LogP contribution in [0.5, 0.6) is 5.75 Å². The van der Waals surface area contributed by atoms with Crippen LogP contribution in [0.25, 0.3) is 0 Å². The summed E-state index contributed by atoms with van der Waals surface area (Å²) >= 11 is 0. The van der Waals surface area contributed by atoms with Gasteiger partial charge >= 0.3 is 11.9 Å². The van der Waals surface area contributed by atoms with Crippen LogP contribution < -0.4 is 5.32 Å². The van der Waals surface area contributed by atoms with Crippen LogP contribution in [0.15, 0.2) is 34.7 Å².